The third kappa shape index (κ3) is 4.07. The molecule has 1 unspecified atom stereocenters. The molecule has 0 bridgehead atoms. The first-order valence-corrected chi connectivity index (χ1v) is 7.07. The summed E-state index contributed by atoms with van der Waals surface area (Å²) >= 11 is 1.76. The van der Waals surface area contributed by atoms with Crippen LogP contribution < -0.4 is 5.32 Å². The molecule has 102 valence electrons. The second-order valence-corrected chi connectivity index (χ2v) is 5.67. The normalized spacial score (nSPS) is 14.4. The Hall–Kier alpha value is -0.940. The Labute approximate surface area is 112 Å². The first-order chi connectivity index (χ1) is 8.49. The Balaban J connectivity index is 2.23. The van der Waals surface area contributed by atoms with E-state index in [4.69, 9.17) is 9.52 Å². The molecule has 0 fully saturated rings. The summed E-state index contributed by atoms with van der Waals surface area (Å²) in [5, 5.41) is 12.0. The van der Waals surface area contributed by atoms with E-state index in [9.17, 15) is 4.79 Å². The molecule has 0 radical (unpaired) electrons. The van der Waals surface area contributed by atoms with Gasteiger partial charge in [-0.15, -0.1) is 11.8 Å². The highest BCUT2D eigenvalue weighted by molar-refractivity contribution is 7.99. The first kappa shape index (κ1) is 15.1. The number of hydrogen-bond donors (Lipinski definition) is 2. The number of aryl methyl sites for hydroxylation is 1. The van der Waals surface area contributed by atoms with Crippen LogP contribution in [0.5, 0.6) is 0 Å². The zero-order valence-corrected chi connectivity index (χ0v) is 12.0. The van der Waals surface area contributed by atoms with Gasteiger partial charge in [-0.3, -0.25) is 4.79 Å². The molecule has 1 aromatic rings. The summed E-state index contributed by atoms with van der Waals surface area (Å²) in [6.45, 7) is 3.67. The summed E-state index contributed by atoms with van der Waals surface area (Å²) in [5.41, 5.74) is -0.809. The molecule has 1 aromatic heterocycles. The number of hydrogen-bond acceptors (Lipinski definition) is 4. The van der Waals surface area contributed by atoms with E-state index < -0.39 is 11.5 Å². The van der Waals surface area contributed by atoms with Gasteiger partial charge in [0.05, 0.1) is 6.26 Å². The third-order valence-corrected chi connectivity index (χ3v) is 4.39. The predicted molar refractivity (Wildman–Crippen MR) is 73.1 cm³/mol. The van der Waals surface area contributed by atoms with Gasteiger partial charge in [0.25, 0.3) is 0 Å². The van der Waals surface area contributed by atoms with E-state index in [-0.39, 0.29) is 0 Å². The summed E-state index contributed by atoms with van der Waals surface area (Å²) in [5.74, 6) is 1.15. The lowest BCUT2D eigenvalue weighted by Crippen LogP contribution is -2.47. The number of carboxylic acids is 1. The van der Waals surface area contributed by atoms with Crippen molar-refractivity contribution in [3.05, 3.63) is 18.1 Å². The molecule has 0 saturated heterocycles. The van der Waals surface area contributed by atoms with E-state index in [1.54, 1.807) is 32.0 Å². The second kappa shape index (κ2) is 6.85. The summed E-state index contributed by atoms with van der Waals surface area (Å²) in [6.07, 6.45) is 4.23. The number of unbranched alkanes of at least 4 members (excludes halogenated alkanes) is 1. The largest absolute Gasteiger partial charge is 0.480 e. The molecule has 1 heterocycles. The highest BCUT2D eigenvalue weighted by atomic mass is 32.2. The minimum atomic E-state index is -0.809. The van der Waals surface area contributed by atoms with Crippen LogP contribution in [0.25, 0.3) is 0 Å². The monoisotopic (exact) mass is 271 g/mol. The lowest BCUT2D eigenvalue weighted by Gasteiger charge is -2.23. The van der Waals surface area contributed by atoms with Crippen molar-refractivity contribution in [2.75, 3.05) is 12.8 Å². The molecular formula is C13H21NO3S. The van der Waals surface area contributed by atoms with Crippen LogP contribution in [-0.2, 0) is 4.79 Å². The van der Waals surface area contributed by atoms with Crippen LogP contribution in [0.1, 0.15) is 31.9 Å². The number of carboxylic acid groups (broad SMARTS) is 1. The highest BCUT2D eigenvalue weighted by Crippen LogP contribution is 2.24. The van der Waals surface area contributed by atoms with E-state index in [1.165, 1.54) is 4.90 Å². The fourth-order valence-electron chi connectivity index (χ4n) is 1.62. The van der Waals surface area contributed by atoms with Gasteiger partial charge in [0.15, 0.2) is 0 Å². The fourth-order valence-corrected chi connectivity index (χ4v) is 2.60. The SMILES string of the molecule is CNC(C)(CCCCSc1ccoc1C)C(=O)O. The van der Waals surface area contributed by atoms with Crippen LogP contribution in [0.2, 0.25) is 0 Å². The molecular weight excluding hydrogens is 250 g/mol. The molecule has 0 aliphatic rings. The van der Waals surface area contributed by atoms with Crippen molar-refractivity contribution in [1.29, 1.82) is 0 Å². The Morgan fingerprint density at radius 2 is 2.28 bits per heavy atom. The fraction of sp³-hybridized carbons (Fsp3) is 0.615. The van der Waals surface area contributed by atoms with E-state index in [0.29, 0.717) is 6.42 Å². The van der Waals surface area contributed by atoms with E-state index in [1.807, 2.05) is 13.0 Å². The van der Waals surface area contributed by atoms with Gasteiger partial charge in [-0.05, 0) is 45.6 Å². The Kier molecular flexibility index (Phi) is 5.75. The molecule has 1 rings (SSSR count). The smallest absolute Gasteiger partial charge is 0.323 e. The maximum atomic E-state index is 11.1. The van der Waals surface area contributed by atoms with Gasteiger partial charge < -0.3 is 14.8 Å². The minimum absolute atomic E-state index is 0.643. The molecule has 18 heavy (non-hydrogen) atoms. The van der Waals surface area contributed by atoms with Crippen molar-refractivity contribution in [3.8, 4) is 0 Å². The topological polar surface area (TPSA) is 62.5 Å². The van der Waals surface area contributed by atoms with Gasteiger partial charge in [-0.2, -0.15) is 0 Å². The maximum absolute atomic E-state index is 11.1. The number of rotatable bonds is 8. The molecule has 0 spiro atoms. The van der Waals surface area contributed by atoms with Gasteiger partial charge in [0.1, 0.15) is 11.3 Å². The summed E-state index contributed by atoms with van der Waals surface area (Å²) < 4.78 is 5.22. The zero-order valence-electron chi connectivity index (χ0n) is 11.2. The number of nitrogens with one attached hydrogen (secondary N) is 1. The van der Waals surface area contributed by atoms with Gasteiger partial charge in [-0.25, -0.2) is 0 Å². The van der Waals surface area contributed by atoms with Gasteiger partial charge in [0.2, 0.25) is 0 Å². The quantitative estimate of drug-likeness (QED) is 0.562. The predicted octanol–water partition coefficient (Wildman–Crippen LogP) is 2.91. The number of carbonyl (C=O) groups is 1. The Morgan fingerprint density at radius 1 is 1.56 bits per heavy atom. The average Bonchev–Trinajstić information content (AvgIpc) is 2.74. The standard InChI is InChI=1S/C13H21NO3S/c1-10-11(6-8-17-10)18-9-5-4-7-13(2,14-3)12(15)16/h6,8,14H,4-5,7,9H2,1-3H3,(H,15,16). The van der Waals surface area contributed by atoms with Crippen LogP contribution in [-0.4, -0.2) is 29.4 Å². The molecule has 0 aromatic carbocycles. The minimum Gasteiger partial charge on any atom is -0.480 e. The molecule has 0 aliphatic heterocycles. The molecule has 0 saturated carbocycles. The molecule has 0 aliphatic carbocycles. The molecule has 2 N–H and O–H groups in total. The molecule has 4 nitrogen and oxygen atoms in total. The molecule has 5 heteroatoms. The first-order valence-electron chi connectivity index (χ1n) is 6.09. The van der Waals surface area contributed by atoms with Crippen molar-refractivity contribution < 1.29 is 14.3 Å². The Bertz CT molecular complexity index is 391. The second-order valence-electron chi connectivity index (χ2n) is 4.53. The van der Waals surface area contributed by atoms with E-state index >= 15 is 0 Å². The number of likely N-dealkylation sites (N-methyl/N-ethyl adjacent to an activating group) is 1. The van der Waals surface area contributed by atoms with Crippen molar-refractivity contribution in [3.63, 3.8) is 0 Å². The Morgan fingerprint density at radius 3 is 2.78 bits per heavy atom. The summed E-state index contributed by atoms with van der Waals surface area (Å²) in [6, 6.07) is 1.97. The van der Waals surface area contributed by atoms with Crippen LogP contribution >= 0.6 is 11.8 Å². The number of aliphatic carboxylic acids is 1. The zero-order chi connectivity index (χ0) is 13.6. The van der Waals surface area contributed by atoms with Crippen LogP contribution in [0.15, 0.2) is 21.6 Å². The van der Waals surface area contributed by atoms with Crippen LogP contribution in [0.3, 0.4) is 0 Å². The van der Waals surface area contributed by atoms with E-state index in [2.05, 4.69) is 5.32 Å². The lowest BCUT2D eigenvalue weighted by molar-refractivity contribution is -0.144. The van der Waals surface area contributed by atoms with Gasteiger partial charge in [0, 0.05) is 4.90 Å². The van der Waals surface area contributed by atoms with Crippen LogP contribution in [0, 0.1) is 6.92 Å². The lowest BCUT2D eigenvalue weighted by atomic mass is 9.95. The highest BCUT2D eigenvalue weighted by Gasteiger charge is 2.29. The van der Waals surface area contributed by atoms with Crippen molar-refractivity contribution in [2.45, 2.75) is 43.5 Å². The van der Waals surface area contributed by atoms with Crippen molar-refractivity contribution >= 4 is 17.7 Å². The number of furan rings is 1. The number of thioether (sulfide) groups is 1. The average molecular weight is 271 g/mol. The van der Waals surface area contributed by atoms with Crippen molar-refractivity contribution in [2.24, 2.45) is 0 Å². The third-order valence-electron chi connectivity index (χ3n) is 3.16. The van der Waals surface area contributed by atoms with Crippen LogP contribution in [0.4, 0.5) is 0 Å². The summed E-state index contributed by atoms with van der Waals surface area (Å²) in [4.78, 5) is 12.2. The van der Waals surface area contributed by atoms with Crippen molar-refractivity contribution in [1.82, 2.24) is 5.32 Å². The molecule has 0 amide bonds. The van der Waals surface area contributed by atoms with Gasteiger partial charge in [-0.1, -0.05) is 6.42 Å². The van der Waals surface area contributed by atoms with E-state index in [0.717, 1.165) is 24.4 Å². The van der Waals surface area contributed by atoms with Gasteiger partial charge >= 0.3 is 5.97 Å². The summed E-state index contributed by atoms with van der Waals surface area (Å²) in [7, 11) is 1.69. The maximum Gasteiger partial charge on any atom is 0.323 e. The molecule has 1 atom stereocenters.